The van der Waals surface area contributed by atoms with Gasteiger partial charge in [-0.1, -0.05) is 18.2 Å². The monoisotopic (exact) mass is 399 g/mol. The minimum Gasteiger partial charge on any atom is -0.441 e. The van der Waals surface area contributed by atoms with Crippen molar-refractivity contribution in [3.63, 3.8) is 0 Å². The number of imide groups is 1. The van der Waals surface area contributed by atoms with Crippen molar-refractivity contribution in [2.75, 3.05) is 29.9 Å². The molecule has 3 amide bonds. The van der Waals surface area contributed by atoms with Gasteiger partial charge in [-0.15, -0.1) is 0 Å². The molecule has 1 saturated heterocycles. The van der Waals surface area contributed by atoms with Crippen LogP contribution in [0.1, 0.15) is 19.6 Å². The van der Waals surface area contributed by atoms with Crippen LogP contribution in [-0.2, 0) is 9.59 Å². The number of rotatable bonds is 7. The fraction of sp³-hybridized carbons (Fsp3) is 0.250. The van der Waals surface area contributed by atoms with Crippen LogP contribution in [0.15, 0.2) is 51.8 Å². The summed E-state index contributed by atoms with van der Waals surface area (Å²) in [6, 6.07) is 12.5. The van der Waals surface area contributed by atoms with Crippen LogP contribution in [0.5, 0.6) is 0 Å². The minimum absolute atomic E-state index is 0.234. The molecular formula is C20H21N3O4S. The number of anilines is 2. The first kappa shape index (κ1) is 19.8. The minimum atomic E-state index is -0.501. The van der Waals surface area contributed by atoms with E-state index in [-0.39, 0.29) is 11.4 Å². The second-order valence-electron chi connectivity index (χ2n) is 6.03. The zero-order chi connectivity index (χ0) is 20.1. The van der Waals surface area contributed by atoms with Gasteiger partial charge in [0.25, 0.3) is 11.1 Å². The van der Waals surface area contributed by atoms with Crippen molar-refractivity contribution >= 4 is 46.5 Å². The lowest BCUT2D eigenvalue weighted by Gasteiger charge is -2.16. The van der Waals surface area contributed by atoms with Crippen molar-refractivity contribution in [2.45, 2.75) is 13.8 Å². The zero-order valence-corrected chi connectivity index (χ0v) is 16.5. The molecule has 8 heteroatoms. The summed E-state index contributed by atoms with van der Waals surface area (Å²) in [7, 11) is 0. The molecule has 1 N–H and O–H groups in total. The summed E-state index contributed by atoms with van der Waals surface area (Å²) < 4.78 is 5.74. The van der Waals surface area contributed by atoms with Crippen LogP contribution < -0.4 is 10.2 Å². The van der Waals surface area contributed by atoms with Gasteiger partial charge < -0.3 is 14.6 Å². The second kappa shape index (κ2) is 8.79. The smallest absolute Gasteiger partial charge is 0.294 e. The molecule has 0 unspecified atom stereocenters. The Kier molecular flexibility index (Phi) is 6.20. The Morgan fingerprint density at radius 3 is 2.54 bits per heavy atom. The first-order chi connectivity index (χ1) is 13.5. The fourth-order valence-electron chi connectivity index (χ4n) is 2.76. The molecule has 7 nitrogen and oxygen atoms in total. The van der Waals surface area contributed by atoms with Gasteiger partial charge in [0, 0.05) is 30.9 Å². The predicted octanol–water partition coefficient (Wildman–Crippen LogP) is 3.80. The van der Waals surface area contributed by atoms with Crippen LogP contribution in [0.25, 0.3) is 6.08 Å². The Morgan fingerprint density at radius 2 is 1.86 bits per heavy atom. The summed E-state index contributed by atoms with van der Waals surface area (Å²) in [5.41, 5.74) is 0.606. The number of thioether (sulfide) groups is 1. The number of nitrogens with zero attached hydrogens (tertiary/aromatic N) is 2. The molecular weight excluding hydrogens is 378 g/mol. The van der Waals surface area contributed by atoms with E-state index < -0.39 is 17.1 Å². The van der Waals surface area contributed by atoms with Gasteiger partial charge in [0.15, 0.2) is 5.88 Å². The van der Waals surface area contributed by atoms with Crippen LogP contribution in [0, 0.1) is 0 Å². The molecule has 0 saturated carbocycles. The number of carbonyl (C=O) groups is 3. The third-order valence-electron chi connectivity index (χ3n) is 4.19. The highest BCUT2D eigenvalue weighted by molar-refractivity contribution is 8.18. The van der Waals surface area contributed by atoms with E-state index in [4.69, 9.17) is 4.42 Å². The highest BCUT2D eigenvalue weighted by Gasteiger charge is 2.36. The highest BCUT2D eigenvalue weighted by atomic mass is 32.2. The molecule has 0 radical (unpaired) electrons. The van der Waals surface area contributed by atoms with Crippen molar-refractivity contribution in [1.82, 2.24) is 4.90 Å². The van der Waals surface area contributed by atoms with Crippen molar-refractivity contribution in [2.24, 2.45) is 0 Å². The molecule has 3 rings (SSSR count). The summed E-state index contributed by atoms with van der Waals surface area (Å²) in [5, 5.41) is 2.19. The molecule has 1 aromatic carbocycles. The van der Waals surface area contributed by atoms with Crippen molar-refractivity contribution in [3.8, 4) is 0 Å². The van der Waals surface area contributed by atoms with E-state index in [0.29, 0.717) is 17.3 Å². The number of amides is 3. The number of furan rings is 1. The molecule has 1 aliphatic rings. The molecule has 1 aliphatic heterocycles. The number of para-hydroxylation sites is 1. The average Bonchev–Trinajstić information content (AvgIpc) is 3.24. The topological polar surface area (TPSA) is 82.9 Å². The van der Waals surface area contributed by atoms with Crippen molar-refractivity contribution in [3.05, 3.63) is 53.1 Å². The zero-order valence-electron chi connectivity index (χ0n) is 15.7. The third-order valence-corrected chi connectivity index (χ3v) is 5.10. The SMILES string of the molecule is CCN(CC)c1ccc(/C=C2\SC(=O)N(CC(=O)Nc3ccccc3)C2=O)o1. The Hall–Kier alpha value is -3.00. The summed E-state index contributed by atoms with van der Waals surface area (Å²) in [4.78, 5) is 40.1. The normalized spacial score (nSPS) is 15.4. The number of hydrogen-bond acceptors (Lipinski definition) is 6. The van der Waals surface area contributed by atoms with Crippen LogP contribution in [0.4, 0.5) is 16.4 Å². The van der Waals surface area contributed by atoms with E-state index in [0.717, 1.165) is 29.8 Å². The van der Waals surface area contributed by atoms with E-state index in [1.54, 1.807) is 30.3 Å². The standard InChI is InChI=1S/C20H21N3O4S/c1-3-22(4-2)18-11-10-15(27-18)12-16-19(25)23(20(26)28-16)13-17(24)21-14-8-6-5-7-9-14/h5-12H,3-4,13H2,1-2H3,(H,21,24)/b16-12-. The van der Waals surface area contributed by atoms with Gasteiger partial charge in [0.2, 0.25) is 5.91 Å². The molecule has 0 aliphatic carbocycles. The van der Waals surface area contributed by atoms with Crippen LogP contribution in [0.3, 0.4) is 0 Å². The van der Waals surface area contributed by atoms with E-state index in [1.165, 1.54) is 6.08 Å². The van der Waals surface area contributed by atoms with Gasteiger partial charge in [-0.25, -0.2) is 0 Å². The number of carbonyl (C=O) groups excluding carboxylic acids is 3. The van der Waals surface area contributed by atoms with Gasteiger partial charge in [-0.2, -0.15) is 0 Å². The molecule has 0 bridgehead atoms. The van der Waals surface area contributed by atoms with Crippen LogP contribution in [0.2, 0.25) is 0 Å². The first-order valence-corrected chi connectivity index (χ1v) is 9.78. The van der Waals surface area contributed by atoms with Gasteiger partial charge in [0.05, 0.1) is 4.91 Å². The fourth-order valence-corrected chi connectivity index (χ4v) is 3.57. The largest absolute Gasteiger partial charge is 0.441 e. The second-order valence-corrected chi connectivity index (χ2v) is 7.02. The van der Waals surface area contributed by atoms with Crippen LogP contribution >= 0.6 is 11.8 Å². The lowest BCUT2D eigenvalue weighted by Crippen LogP contribution is -2.36. The first-order valence-electron chi connectivity index (χ1n) is 8.96. The molecule has 1 aromatic heterocycles. The lowest BCUT2D eigenvalue weighted by atomic mass is 10.3. The maximum atomic E-state index is 12.5. The number of benzene rings is 1. The summed E-state index contributed by atoms with van der Waals surface area (Å²) in [6.07, 6.45) is 1.53. The van der Waals surface area contributed by atoms with Gasteiger partial charge >= 0.3 is 0 Å². The van der Waals surface area contributed by atoms with E-state index >= 15 is 0 Å². The molecule has 28 heavy (non-hydrogen) atoms. The van der Waals surface area contributed by atoms with Gasteiger partial charge in [0.1, 0.15) is 12.3 Å². The molecule has 0 atom stereocenters. The van der Waals surface area contributed by atoms with Gasteiger partial charge in [-0.05, 0) is 43.8 Å². The van der Waals surface area contributed by atoms with E-state index in [1.807, 2.05) is 30.9 Å². The average molecular weight is 399 g/mol. The van der Waals surface area contributed by atoms with Crippen molar-refractivity contribution < 1.29 is 18.8 Å². The Labute approximate surface area is 167 Å². The number of hydrogen-bond donors (Lipinski definition) is 1. The summed E-state index contributed by atoms with van der Waals surface area (Å²) in [6.45, 7) is 5.32. The van der Waals surface area contributed by atoms with E-state index in [2.05, 4.69) is 5.32 Å². The summed E-state index contributed by atoms with van der Waals surface area (Å²) in [5.74, 6) is 0.259. The molecule has 2 heterocycles. The molecule has 146 valence electrons. The lowest BCUT2D eigenvalue weighted by molar-refractivity contribution is -0.127. The molecule has 2 aromatic rings. The van der Waals surface area contributed by atoms with Crippen LogP contribution in [-0.4, -0.2) is 41.6 Å². The maximum absolute atomic E-state index is 12.5. The summed E-state index contributed by atoms with van der Waals surface area (Å²) >= 11 is 0.799. The highest BCUT2D eigenvalue weighted by Crippen LogP contribution is 2.33. The number of nitrogens with one attached hydrogen (secondary N) is 1. The maximum Gasteiger partial charge on any atom is 0.294 e. The molecule has 1 fully saturated rings. The molecule has 0 spiro atoms. The Bertz CT molecular complexity index is 903. The Balaban J connectivity index is 1.67. The van der Waals surface area contributed by atoms with Crippen molar-refractivity contribution in [1.29, 1.82) is 0 Å². The third kappa shape index (κ3) is 4.45. The van der Waals surface area contributed by atoms with Gasteiger partial charge in [-0.3, -0.25) is 19.3 Å². The van der Waals surface area contributed by atoms with E-state index in [9.17, 15) is 14.4 Å². The quantitative estimate of drug-likeness (QED) is 0.713. The predicted molar refractivity (Wildman–Crippen MR) is 110 cm³/mol. The Morgan fingerprint density at radius 1 is 1.14 bits per heavy atom.